The van der Waals surface area contributed by atoms with Crippen molar-refractivity contribution in [1.29, 1.82) is 0 Å². The van der Waals surface area contributed by atoms with Gasteiger partial charge in [0.25, 0.3) is 5.91 Å². The molecule has 12 nitrogen and oxygen atoms in total. The van der Waals surface area contributed by atoms with Gasteiger partial charge in [-0.1, -0.05) is 12.1 Å². The van der Waals surface area contributed by atoms with Crippen molar-refractivity contribution in [3.8, 4) is 0 Å². The molecule has 1 amide bonds. The maximum absolute atomic E-state index is 12.6. The average molecular weight is 498 g/mol. The van der Waals surface area contributed by atoms with Gasteiger partial charge in [-0.2, -0.15) is 20.3 Å². The van der Waals surface area contributed by atoms with Crippen molar-refractivity contribution in [2.24, 2.45) is 15.3 Å². The van der Waals surface area contributed by atoms with Gasteiger partial charge < -0.3 is 24.4 Å². The van der Waals surface area contributed by atoms with Crippen LogP contribution in [-0.2, 0) is 19.7 Å². The smallest absolute Gasteiger partial charge is 0.744 e. The fourth-order valence-corrected chi connectivity index (χ4v) is 2.90. The number of aliphatic carboxylic acids is 1. The molecular weight excluding hydrogens is 489 g/mol. The number of hydrogen-bond acceptors (Lipinski definition) is 11. The molecule has 0 aliphatic carbocycles. The standard InChI is InChI=1S/C17H12N4O8S.3Na/c22-15-13(19-18-10-3-1-9(2-4-10)16(23)24)14(17(25)26)20-21(15)11-5-7-12(8-6-11)30(27,28)29;;;/h1-8,13H,(H,23,24)(H,25,26)(H,27,28,29);;;/q;3*+1/p-3. The maximum Gasteiger partial charge on any atom is 1.00 e. The molecule has 3 rings (SSSR count). The Kier molecular flexibility index (Phi) is 12.8. The largest absolute Gasteiger partial charge is 1.00 e. The number of nitrogens with zero attached hydrogens (tertiary/aromatic N) is 4. The molecular formula is C17H9N4Na3O8S. The van der Waals surface area contributed by atoms with E-state index in [0.717, 1.165) is 24.3 Å². The molecule has 2 aromatic rings. The summed E-state index contributed by atoms with van der Waals surface area (Å²) < 4.78 is 33.0. The second-order valence-corrected chi connectivity index (χ2v) is 7.20. The summed E-state index contributed by atoms with van der Waals surface area (Å²) in [4.78, 5) is 34.1. The Morgan fingerprint density at radius 1 is 0.909 bits per heavy atom. The molecule has 154 valence electrons. The van der Waals surface area contributed by atoms with Crippen molar-refractivity contribution >= 4 is 45.1 Å². The zero-order chi connectivity index (χ0) is 22.1. The van der Waals surface area contributed by atoms with Crippen molar-refractivity contribution in [3.63, 3.8) is 0 Å². The Morgan fingerprint density at radius 3 is 1.91 bits per heavy atom. The Morgan fingerprint density at radius 2 is 1.45 bits per heavy atom. The van der Waals surface area contributed by atoms with E-state index in [4.69, 9.17) is 0 Å². The summed E-state index contributed by atoms with van der Waals surface area (Å²) in [5.41, 5.74) is -0.732. The molecule has 0 N–H and O–H groups in total. The van der Waals surface area contributed by atoms with Crippen LogP contribution in [0.25, 0.3) is 0 Å². The molecule has 16 heteroatoms. The van der Waals surface area contributed by atoms with E-state index in [1.807, 2.05) is 0 Å². The number of benzene rings is 2. The summed E-state index contributed by atoms with van der Waals surface area (Å²) in [6, 6.07) is 7.32. The summed E-state index contributed by atoms with van der Waals surface area (Å²) in [6.07, 6.45) is 0. The predicted octanol–water partition coefficient (Wildman–Crippen LogP) is -10.4. The molecule has 0 radical (unpaired) electrons. The first-order valence-electron chi connectivity index (χ1n) is 8.00. The minimum atomic E-state index is -4.71. The van der Waals surface area contributed by atoms with Crippen LogP contribution in [0.5, 0.6) is 0 Å². The summed E-state index contributed by atoms with van der Waals surface area (Å²) >= 11 is 0. The monoisotopic (exact) mass is 498 g/mol. The summed E-state index contributed by atoms with van der Waals surface area (Å²) in [5.74, 6) is -4.09. The molecule has 33 heavy (non-hydrogen) atoms. The van der Waals surface area contributed by atoms with Crippen LogP contribution in [0.3, 0.4) is 0 Å². The number of azo groups is 1. The van der Waals surface area contributed by atoms with Gasteiger partial charge in [0.15, 0.2) is 6.04 Å². The second-order valence-electron chi connectivity index (χ2n) is 5.82. The van der Waals surface area contributed by atoms with E-state index in [0.29, 0.717) is 5.01 Å². The van der Waals surface area contributed by atoms with Crippen LogP contribution in [0.15, 0.2) is 68.8 Å². The number of carbonyl (C=O) groups is 3. The number of hydrazone groups is 1. The molecule has 1 unspecified atom stereocenters. The van der Waals surface area contributed by atoms with Crippen LogP contribution >= 0.6 is 0 Å². The fraction of sp³-hybridized carbons (Fsp3) is 0.0588. The second kappa shape index (κ2) is 13.2. The molecule has 1 atom stereocenters. The number of hydrogen-bond donors (Lipinski definition) is 0. The van der Waals surface area contributed by atoms with Crippen molar-refractivity contribution < 1.29 is 126 Å². The van der Waals surface area contributed by atoms with Gasteiger partial charge in [-0.05, 0) is 42.0 Å². The molecule has 1 aliphatic heterocycles. The van der Waals surface area contributed by atoms with Gasteiger partial charge in [0, 0.05) is 0 Å². The normalized spacial score (nSPS) is 15.2. The van der Waals surface area contributed by atoms with E-state index in [1.54, 1.807) is 0 Å². The molecule has 2 aromatic carbocycles. The minimum absolute atomic E-state index is 0. The Balaban J connectivity index is 0.00000341. The van der Waals surface area contributed by atoms with Crippen molar-refractivity contribution in [1.82, 2.24) is 0 Å². The first-order valence-corrected chi connectivity index (χ1v) is 9.41. The van der Waals surface area contributed by atoms with Gasteiger partial charge in [-0.3, -0.25) is 4.79 Å². The van der Waals surface area contributed by atoms with Crippen LogP contribution < -0.4 is 104 Å². The Bertz CT molecular complexity index is 1200. The predicted molar refractivity (Wildman–Crippen MR) is 93.4 cm³/mol. The van der Waals surface area contributed by atoms with Crippen molar-refractivity contribution in [2.75, 3.05) is 5.01 Å². The SMILES string of the molecule is O=C([O-])C1=NN(c2ccc(S(=O)(=O)[O-])cc2)C(=O)C1N=Nc1ccc(C(=O)[O-])cc1.[Na+].[Na+].[Na+]. The molecule has 1 heterocycles. The van der Waals surface area contributed by atoms with E-state index < -0.39 is 44.6 Å². The van der Waals surface area contributed by atoms with Crippen LogP contribution in [0.1, 0.15) is 10.4 Å². The van der Waals surface area contributed by atoms with Gasteiger partial charge in [-0.15, -0.1) is 0 Å². The minimum Gasteiger partial charge on any atom is -0.744 e. The quantitative estimate of drug-likeness (QED) is 0.213. The zero-order valence-corrected chi connectivity index (χ0v) is 24.5. The molecule has 0 saturated carbocycles. The van der Waals surface area contributed by atoms with Gasteiger partial charge in [0.05, 0.1) is 28.2 Å². The maximum atomic E-state index is 12.6. The van der Waals surface area contributed by atoms with Crippen LogP contribution in [0.2, 0.25) is 0 Å². The number of rotatable bonds is 6. The summed E-state index contributed by atoms with van der Waals surface area (Å²) in [6.45, 7) is 0. The van der Waals surface area contributed by atoms with Gasteiger partial charge >= 0.3 is 88.7 Å². The van der Waals surface area contributed by atoms with E-state index in [1.165, 1.54) is 24.3 Å². The first kappa shape index (κ1) is 32.0. The van der Waals surface area contributed by atoms with Crippen molar-refractivity contribution in [3.05, 3.63) is 54.1 Å². The van der Waals surface area contributed by atoms with Gasteiger partial charge in [-0.25, -0.2) is 8.42 Å². The number of amides is 1. The van der Waals surface area contributed by atoms with Crippen LogP contribution in [0.4, 0.5) is 11.4 Å². The number of carboxylic acids is 2. The third-order valence-electron chi connectivity index (χ3n) is 3.88. The van der Waals surface area contributed by atoms with Crippen LogP contribution in [0, 0.1) is 0 Å². The van der Waals surface area contributed by atoms with E-state index in [9.17, 15) is 37.6 Å². The molecule has 0 saturated heterocycles. The fourth-order valence-electron chi connectivity index (χ4n) is 2.43. The zero-order valence-electron chi connectivity index (χ0n) is 17.7. The molecule has 0 aromatic heterocycles. The Hall–Kier alpha value is -0.970. The van der Waals surface area contributed by atoms with E-state index in [-0.39, 0.29) is 106 Å². The number of carboxylic acid groups (broad SMARTS) is 2. The molecule has 0 bridgehead atoms. The first-order chi connectivity index (χ1) is 14.1. The molecule has 1 aliphatic rings. The van der Waals surface area contributed by atoms with Gasteiger partial charge in [0.2, 0.25) is 0 Å². The van der Waals surface area contributed by atoms with E-state index in [2.05, 4.69) is 15.3 Å². The number of anilines is 1. The van der Waals surface area contributed by atoms with E-state index >= 15 is 0 Å². The third-order valence-corrected chi connectivity index (χ3v) is 4.73. The third kappa shape index (κ3) is 7.77. The van der Waals surface area contributed by atoms with Crippen molar-refractivity contribution in [2.45, 2.75) is 10.9 Å². The topological polar surface area (TPSA) is 195 Å². The Labute approximate surface area is 253 Å². The summed E-state index contributed by atoms with van der Waals surface area (Å²) in [5, 5.41) is 33.7. The van der Waals surface area contributed by atoms with Crippen LogP contribution in [-0.4, -0.2) is 42.6 Å². The molecule has 0 spiro atoms. The summed E-state index contributed by atoms with van der Waals surface area (Å²) in [7, 11) is -4.71. The number of aromatic carboxylic acids is 1. The van der Waals surface area contributed by atoms with Gasteiger partial charge in [0.1, 0.15) is 15.8 Å². The average Bonchev–Trinajstić information content (AvgIpc) is 3.02. The molecule has 0 fully saturated rings. The number of carbonyl (C=O) groups excluding carboxylic acids is 3.